The molecule has 0 aromatic heterocycles. The van der Waals surface area contributed by atoms with Crippen molar-refractivity contribution in [2.24, 2.45) is 0 Å². The second kappa shape index (κ2) is 23.9. The van der Waals surface area contributed by atoms with Gasteiger partial charge in [0, 0.05) is 6.42 Å². The summed E-state index contributed by atoms with van der Waals surface area (Å²) in [7, 11) is 0. The van der Waals surface area contributed by atoms with Gasteiger partial charge in [-0.1, -0.05) is 88.8 Å². The van der Waals surface area contributed by atoms with Crippen molar-refractivity contribution in [3.05, 3.63) is 36.5 Å². The molecule has 0 aliphatic carbocycles. The summed E-state index contributed by atoms with van der Waals surface area (Å²) in [6.07, 6.45) is 17.9. The molecule has 0 spiro atoms. The van der Waals surface area contributed by atoms with Gasteiger partial charge in [-0.05, 0) is 44.9 Å². The highest BCUT2D eigenvalue weighted by Gasteiger charge is 2.44. The van der Waals surface area contributed by atoms with Gasteiger partial charge in [0.25, 0.3) is 0 Å². The minimum atomic E-state index is -1.57. The van der Waals surface area contributed by atoms with Crippen LogP contribution in [0.1, 0.15) is 104 Å². The van der Waals surface area contributed by atoms with Gasteiger partial charge in [0.05, 0.1) is 25.4 Å². The highest BCUT2D eigenvalue weighted by molar-refractivity contribution is 5.76. The SMILES string of the molecule is CCC/C=C\CCCCCCCC(=O)NC(COC1OC(CO)C(O)C(O)C1O)C(O)/C=C/CC/C=C/CCCC. The van der Waals surface area contributed by atoms with E-state index >= 15 is 0 Å². The standard InChI is InChI=1S/C32H57NO8/c1-3-5-7-9-11-13-14-16-18-20-22-28(36)33-25(26(35)21-19-17-15-12-10-8-6-4-2)24-40-32-31(39)30(38)29(37)27(23-34)41-32/h7,9-10,12,19,21,25-27,29-32,34-35,37-39H,3-6,8,11,13-18,20,22-24H2,1-2H3,(H,33,36)/b9-7-,12-10+,21-19+. The molecular weight excluding hydrogens is 526 g/mol. The first-order valence-electron chi connectivity index (χ1n) is 15.7. The van der Waals surface area contributed by atoms with E-state index in [9.17, 15) is 30.3 Å². The number of ether oxygens (including phenoxy) is 2. The van der Waals surface area contributed by atoms with Gasteiger partial charge in [-0.2, -0.15) is 0 Å². The third kappa shape index (κ3) is 16.6. The fraction of sp³-hybridized carbons (Fsp3) is 0.781. The fourth-order valence-corrected chi connectivity index (χ4v) is 4.51. The lowest BCUT2D eigenvalue weighted by Gasteiger charge is -2.40. The minimum absolute atomic E-state index is 0.206. The van der Waals surface area contributed by atoms with E-state index in [1.807, 2.05) is 6.08 Å². The van der Waals surface area contributed by atoms with Crippen molar-refractivity contribution in [2.75, 3.05) is 13.2 Å². The third-order valence-corrected chi connectivity index (χ3v) is 7.17. The molecule has 1 aliphatic rings. The number of unbranched alkanes of at least 4 members (excludes halogenated alkanes) is 9. The van der Waals surface area contributed by atoms with E-state index in [0.717, 1.165) is 77.0 Å². The van der Waals surface area contributed by atoms with E-state index in [0.29, 0.717) is 6.42 Å². The first kappa shape index (κ1) is 37.4. The Morgan fingerprint density at radius 2 is 1.44 bits per heavy atom. The normalized spacial score (nSPS) is 24.9. The Labute approximate surface area is 247 Å². The first-order chi connectivity index (χ1) is 19.8. The van der Waals surface area contributed by atoms with E-state index in [2.05, 4.69) is 43.5 Å². The quantitative estimate of drug-likeness (QED) is 0.0786. The number of amides is 1. The van der Waals surface area contributed by atoms with Gasteiger partial charge in [0.1, 0.15) is 24.4 Å². The zero-order valence-corrected chi connectivity index (χ0v) is 25.3. The van der Waals surface area contributed by atoms with Gasteiger partial charge in [-0.15, -0.1) is 0 Å². The second-order valence-corrected chi connectivity index (χ2v) is 10.9. The van der Waals surface area contributed by atoms with Crippen LogP contribution >= 0.6 is 0 Å². The highest BCUT2D eigenvalue weighted by atomic mass is 16.7. The van der Waals surface area contributed by atoms with Crippen LogP contribution < -0.4 is 5.32 Å². The third-order valence-electron chi connectivity index (χ3n) is 7.17. The summed E-state index contributed by atoms with van der Waals surface area (Å²) < 4.78 is 11.0. The van der Waals surface area contributed by atoms with Crippen LogP contribution in [0.15, 0.2) is 36.5 Å². The van der Waals surface area contributed by atoms with Gasteiger partial charge in [0.2, 0.25) is 5.91 Å². The first-order valence-corrected chi connectivity index (χ1v) is 15.7. The van der Waals surface area contributed by atoms with Crippen LogP contribution in [0.3, 0.4) is 0 Å². The number of aliphatic hydroxyl groups excluding tert-OH is 5. The molecule has 0 saturated carbocycles. The summed E-state index contributed by atoms with van der Waals surface area (Å²) in [5.74, 6) is -0.207. The summed E-state index contributed by atoms with van der Waals surface area (Å²) in [6, 6.07) is -0.818. The molecule has 0 bridgehead atoms. The Hall–Kier alpha value is -1.59. The Bertz CT molecular complexity index is 741. The molecule has 7 unspecified atom stereocenters. The molecule has 1 fully saturated rings. The van der Waals surface area contributed by atoms with E-state index in [1.165, 1.54) is 6.42 Å². The van der Waals surface area contributed by atoms with Crippen molar-refractivity contribution in [1.82, 2.24) is 5.32 Å². The maximum absolute atomic E-state index is 12.7. The van der Waals surface area contributed by atoms with E-state index in [4.69, 9.17) is 9.47 Å². The van der Waals surface area contributed by atoms with Gasteiger partial charge in [-0.25, -0.2) is 0 Å². The summed E-state index contributed by atoms with van der Waals surface area (Å²) in [6.45, 7) is 3.55. The highest BCUT2D eigenvalue weighted by Crippen LogP contribution is 2.22. The Morgan fingerprint density at radius 1 is 0.805 bits per heavy atom. The summed E-state index contributed by atoms with van der Waals surface area (Å²) in [5.41, 5.74) is 0. The molecular formula is C32H57NO8. The zero-order chi connectivity index (χ0) is 30.3. The molecule has 7 atom stereocenters. The lowest BCUT2D eigenvalue weighted by Crippen LogP contribution is -2.60. The van der Waals surface area contributed by atoms with Gasteiger partial charge < -0.3 is 40.3 Å². The lowest BCUT2D eigenvalue weighted by atomic mass is 9.99. The van der Waals surface area contributed by atoms with Crippen molar-refractivity contribution >= 4 is 5.91 Å². The molecule has 41 heavy (non-hydrogen) atoms. The van der Waals surface area contributed by atoms with Crippen LogP contribution in [0.5, 0.6) is 0 Å². The van der Waals surface area contributed by atoms with Crippen molar-refractivity contribution < 1.29 is 39.8 Å². The number of hydrogen-bond donors (Lipinski definition) is 6. The van der Waals surface area contributed by atoms with Crippen molar-refractivity contribution in [3.63, 3.8) is 0 Å². The molecule has 9 heteroatoms. The molecule has 0 radical (unpaired) electrons. The fourth-order valence-electron chi connectivity index (χ4n) is 4.51. The van der Waals surface area contributed by atoms with E-state index in [-0.39, 0.29) is 12.5 Å². The van der Waals surface area contributed by atoms with Gasteiger partial charge in [0.15, 0.2) is 6.29 Å². The molecule has 1 saturated heterocycles. The number of carbonyl (C=O) groups excluding carboxylic acids is 1. The topological polar surface area (TPSA) is 149 Å². The number of carbonyl (C=O) groups is 1. The van der Waals surface area contributed by atoms with Crippen LogP contribution in [-0.4, -0.2) is 87.5 Å². The van der Waals surface area contributed by atoms with Crippen LogP contribution in [0.25, 0.3) is 0 Å². The molecule has 0 aromatic rings. The minimum Gasteiger partial charge on any atom is -0.394 e. The molecule has 238 valence electrons. The largest absolute Gasteiger partial charge is 0.394 e. The maximum atomic E-state index is 12.7. The predicted molar refractivity (Wildman–Crippen MR) is 161 cm³/mol. The summed E-state index contributed by atoms with van der Waals surface area (Å²) >= 11 is 0. The Morgan fingerprint density at radius 3 is 2.15 bits per heavy atom. The van der Waals surface area contributed by atoms with E-state index < -0.39 is 49.5 Å². The average molecular weight is 584 g/mol. The summed E-state index contributed by atoms with van der Waals surface area (Å²) in [5, 5.41) is 53.4. The van der Waals surface area contributed by atoms with Crippen LogP contribution in [-0.2, 0) is 14.3 Å². The smallest absolute Gasteiger partial charge is 0.220 e. The number of hydrogen-bond acceptors (Lipinski definition) is 8. The summed E-state index contributed by atoms with van der Waals surface area (Å²) in [4.78, 5) is 12.7. The second-order valence-electron chi connectivity index (χ2n) is 10.9. The Balaban J connectivity index is 2.59. The number of nitrogens with one attached hydrogen (secondary N) is 1. The average Bonchev–Trinajstić information content (AvgIpc) is 2.97. The lowest BCUT2D eigenvalue weighted by molar-refractivity contribution is -0.302. The molecule has 0 aromatic carbocycles. The zero-order valence-electron chi connectivity index (χ0n) is 25.3. The molecule has 6 N–H and O–H groups in total. The van der Waals surface area contributed by atoms with Crippen LogP contribution in [0.2, 0.25) is 0 Å². The number of aliphatic hydroxyl groups is 5. The van der Waals surface area contributed by atoms with E-state index in [1.54, 1.807) is 6.08 Å². The van der Waals surface area contributed by atoms with Crippen molar-refractivity contribution in [1.29, 1.82) is 0 Å². The Kier molecular flexibility index (Phi) is 21.8. The predicted octanol–water partition coefficient (Wildman–Crippen LogP) is 3.82. The van der Waals surface area contributed by atoms with Gasteiger partial charge >= 0.3 is 0 Å². The van der Waals surface area contributed by atoms with Crippen molar-refractivity contribution in [2.45, 2.75) is 147 Å². The van der Waals surface area contributed by atoms with Gasteiger partial charge in [-0.3, -0.25) is 4.79 Å². The molecule has 1 aliphatic heterocycles. The van der Waals surface area contributed by atoms with Crippen LogP contribution in [0.4, 0.5) is 0 Å². The van der Waals surface area contributed by atoms with Crippen LogP contribution in [0, 0.1) is 0 Å². The molecule has 1 heterocycles. The number of rotatable bonds is 23. The molecule has 9 nitrogen and oxygen atoms in total. The van der Waals surface area contributed by atoms with Crippen molar-refractivity contribution in [3.8, 4) is 0 Å². The monoisotopic (exact) mass is 583 g/mol. The maximum Gasteiger partial charge on any atom is 0.220 e. The molecule has 1 amide bonds. The number of allylic oxidation sites excluding steroid dienone is 5. The molecule has 1 rings (SSSR count).